The lowest BCUT2D eigenvalue weighted by Gasteiger charge is -2.09. The van der Waals surface area contributed by atoms with E-state index in [1.54, 1.807) is 6.07 Å². The van der Waals surface area contributed by atoms with Crippen LogP contribution >= 0.6 is 11.8 Å². The van der Waals surface area contributed by atoms with Crippen molar-refractivity contribution in [2.75, 3.05) is 0 Å². The summed E-state index contributed by atoms with van der Waals surface area (Å²) < 4.78 is 14.9. The van der Waals surface area contributed by atoms with Crippen LogP contribution < -0.4 is 11.4 Å². The molecule has 0 fully saturated rings. The molecule has 0 aliphatic carbocycles. The Morgan fingerprint density at radius 1 is 1.47 bits per heavy atom. The molecule has 1 heterocycles. The maximum atomic E-state index is 13.4. The zero-order valence-electron chi connectivity index (χ0n) is 10.7. The minimum atomic E-state index is -0.348. The molecule has 0 aliphatic heterocycles. The molecule has 0 spiro atoms. The van der Waals surface area contributed by atoms with Crippen LogP contribution in [0.5, 0.6) is 0 Å². The molecule has 5 nitrogen and oxygen atoms in total. The van der Waals surface area contributed by atoms with E-state index in [4.69, 9.17) is 5.73 Å². The lowest BCUT2D eigenvalue weighted by molar-refractivity contribution is 0.534. The van der Waals surface area contributed by atoms with Gasteiger partial charge in [-0.1, -0.05) is 0 Å². The molecular weight excluding hydrogens is 267 g/mol. The van der Waals surface area contributed by atoms with Crippen molar-refractivity contribution < 1.29 is 4.39 Å². The van der Waals surface area contributed by atoms with Crippen LogP contribution in [0.25, 0.3) is 0 Å². The van der Waals surface area contributed by atoms with E-state index in [2.05, 4.69) is 10.2 Å². The summed E-state index contributed by atoms with van der Waals surface area (Å²) in [6, 6.07) is 4.56. The largest absolute Gasteiger partial charge is 0.344 e. The van der Waals surface area contributed by atoms with Crippen LogP contribution in [-0.4, -0.2) is 14.8 Å². The number of H-pyrrole nitrogens is 1. The van der Waals surface area contributed by atoms with Gasteiger partial charge in [-0.05, 0) is 49.4 Å². The van der Waals surface area contributed by atoms with E-state index in [-0.39, 0.29) is 24.1 Å². The summed E-state index contributed by atoms with van der Waals surface area (Å²) in [6.45, 7) is 4.04. The van der Waals surface area contributed by atoms with Gasteiger partial charge in [0.1, 0.15) is 5.82 Å². The molecule has 0 bridgehead atoms. The highest BCUT2D eigenvalue weighted by molar-refractivity contribution is 7.99. The van der Waals surface area contributed by atoms with Crippen molar-refractivity contribution in [3.63, 3.8) is 0 Å². The molecule has 2 aromatic rings. The fourth-order valence-corrected chi connectivity index (χ4v) is 2.80. The van der Waals surface area contributed by atoms with E-state index in [1.165, 1.54) is 28.5 Å². The monoisotopic (exact) mass is 282 g/mol. The van der Waals surface area contributed by atoms with Gasteiger partial charge in [0, 0.05) is 17.5 Å². The fourth-order valence-electron chi connectivity index (χ4n) is 1.72. The third-order valence-electron chi connectivity index (χ3n) is 2.56. The van der Waals surface area contributed by atoms with Crippen LogP contribution in [-0.2, 0) is 6.54 Å². The highest BCUT2D eigenvalue weighted by Gasteiger charge is 2.13. The number of aromatic nitrogens is 3. The predicted octanol–water partition coefficient (Wildman–Crippen LogP) is 1.90. The molecule has 102 valence electrons. The third kappa shape index (κ3) is 3.05. The number of halogens is 1. The lowest BCUT2D eigenvalue weighted by atomic mass is 10.2. The van der Waals surface area contributed by atoms with E-state index < -0.39 is 0 Å². The molecule has 0 unspecified atom stereocenters. The highest BCUT2D eigenvalue weighted by Crippen LogP contribution is 2.28. The van der Waals surface area contributed by atoms with Crippen molar-refractivity contribution in [1.29, 1.82) is 0 Å². The summed E-state index contributed by atoms with van der Waals surface area (Å²) >= 11 is 1.23. The maximum absolute atomic E-state index is 13.4. The van der Waals surface area contributed by atoms with Gasteiger partial charge in [0.05, 0.1) is 0 Å². The number of hydrogen-bond donors (Lipinski definition) is 2. The predicted molar refractivity (Wildman–Crippen MR) is 71.6 cm³/mol. The number of hydrogen-bond acceptors (Lipinski definition) is 4. The molecule has 1 aromatic heterocycles. The van der Waals surface area contributed by atoms with Gasteiger partial charge in [-0.2, -0.15) is 0 Å². The van der Waals surface area contributed by atoms with Crippen LogP contribution in [0.15, 0.2) is 33.0 Å². The van der Waals surface area contributed by atoms with Gasteiger partial charge < -0.3 is 5.73 Å². The molecule has 1 aromatic carbocycles. The second-order valence-electron chi connectivity index (χ2n) is 4.38. The summed E-state index contributed by atoms with van der Waals surface area (Å²) in [7, 11) is 0. The van der Waals surface area contributed by atoms with E-state index >= 15 is 0 Å². The normalized spacial score (nSPS) is 11.2. The summed E-state index contributed by atoms with van der Waals surface area (Å²) in [6.07, 6.45) is 0. The van der Waals surface area contributed by atoms with Gasteiger partial charge in [-0.25, -0.2) is 14.3 Å². The van der Waals surface area contributed by atoms with Gasteiger partial charge >= 0.3 is 5.69 Å². The van der Waals surface area contributed by atoms with Crippen LogP contribution in [0.1, 0.15) is 25.5 Å². The summed E-state index contributed by atoms with van der Waals surface area (Å²) in [5.41, 5.74) is 5.94. The van der Waals surface area contributed by atoms with Crippen molar-refractivity contribution in [3.05, 3.63) is 40.1 Å². The Kier molecular flexibility index (Phi) is 4.06. The molecule has 0 atom stereocenters. The Bertz CT molecular complexity index is 635. The number of rotatable bonds is 4. The van der Waals surface area contributed by atoms with Gasteiger partial charge in [0.2, 0.25) is 0 Å². The van der Waals surface area contributed by atoms with Crippen LogP contribution in [0.2, 0.25) is 0 Å². The van der Waals surface area contributed by atoms with Crippen molar-refractivity contribution in [1.82, 2.24) is 14.8 Å². The molecule has 19 heavy (non-hydrogen) atoms. The van der Waals surface area contributed by atoms with Gasteiger partial charge in [0.25, 0.3) is 0 Å². The Hall–Kier alpha value is -1.60. The second-order valence-corrected chi connectivity index (χ2v) is 5.42. The average molecular weight is 282 g/mol. The Balaban J connectivity index is 2.36. The fraction of sp³-hybridized carbons (Fsp3) is 0.333. The van der Waals surface area contributed by atoms with E-state index in [0.29, 0.717) is 15.6 Å². The Morgan fingerprint density at radius 2 is 2.21 bits per heavy atom. The molecule has 0 saturated heterocycles. The smallest absolute Gasteiger partial charge is 0.326 e. The minimum absolute atomic E-state index is 0.0173. The molecule has 7 heteroatoms. The first kappa shape index (κ1) is 13.8. The van der Waals surface area contributed by atoms with E-state index in [1.807, 2.05) is 13.8 Å². The second kappa shape index (κ2) is 5.58. The van der Waals surface area contributed by atoms with Crippen molar-refractivity contribution in [2.45, 2.75) is 36.5 Å². The van der Waals surface area contributed by atoms with Crippen molar-refractivity contribution in [3.8, 4) is 0 Å². The zero-order valence-corrected chi connectivity index (χ0v) is 11.5. The van der Waals surface area contributed by atoms with Gasteiger partial charge in [0.15, 0.2) is 5.16 Å². The number of aromatic amines is 1. The standard InChI is InChI=1S/C12H15FN4OS/c1-7(2)17-11(18)15-16-12(17)19-10-4-8(6-14)3-9(13)5-10/h3-5,7H,6,14H2,1-2H3,(H,15,18). The van der Waals surface area contributed by atoms with Gasteiger partial charge in [-0.15, -0.1) is 5.10 Å². The first-order valence-corrected chi connectivity index (χ1v) is 6.67. The first-order valence-electron chi connectivity index (χ1n) is 5.85. The topological polar surface area (TPSA) is 76.7 Å². The van der Waals surface area contributed by atoms with Gasteiger partial charge in [-0.3, -0.25) is 4.57 Å². The molecular formula is C12H15FN4OS. The SMILES string of the molecule is CC(C)n1c(Sc2cc(F)cc(CN)c2)n[nH]c1=O. The highest BCUT2D eigenvalue weighted by atomic mass is 32.2. The number of nitrogens with zero attached hydrogens (tertiary/aromatic N) is 2. The Morgan fingerprint density at radius 3 is 2.84 bits per heavy atom. The number of nitrogens with one attached hydrogen (secondary N) is 1. The van der Waals surface area contributed by atoms with Crippen molar-refractivity contribution >= 4 is 11.8 Å². The number of nitrogens with two attached hydrogens (primary N) is 1. The summed E-state index contributed by atoms with van der Waals surface area (Å²) in [5.74, 6) is -0.348. The van der Waals surface area contributed by atoms with E-state index in [9.17, 15) is 9.18 Å². The molecule has 0 amide bonds. The summed E-state index contributed by atoms with van der Waals surface area (Å²) in [5, 5.41) is 6.86. The minimum Gasteiger partial charge on any atom is -0.326 e. The summed E-state index contributed by atoms with van der Waals surface area (Å²) in [4.78, 5) is 12.3. The zero-order chi connectivity index (χ0) is 14.0. The molecule has 0 radical (unpaired) electrons. The third-order valence-corrected chi connectivity index (χ3v) is 3.51. The molecule has 2 rings (SSSR count). The van der Waals surface area contributed by atoms with Crippen LogP contribution in [0.4, 0.5) is 4.39 Å². The average Bonchev–Trinajstić information content (AvgIpc) is 2.69. The van der Waals surface area contributed by atoms with Crippen LogP contribution in [0.3, 0.4) is 0 Å². The molecule has 0 saturated carbocycles. The first-order chi connectivity index (χ1) is 9.01. The lowest BCUT2D eigenvalue weighted by Crippen LogP contribution is -2.19. The molecule has 0 aliphatic rings. The molecule has 3 N–H and O–H groups in total. The maximum Gasteiger partial charge on any atom is 0.344 e. The quantitative estimate of drug-likeness (QED) is 0.898. The number of benzene rings is 1. The van der Waals surface area contributed by atoms with Crippen molar-refractivity contribution in [2.24, 2.45) is 5.73 Å². The van der Waals surface area contributed by atoms with Crippen LogP contribution in [0, 0.1) is 5.82 Å². The van der Waals surface area contributed by atoms with E-state index in [0.717, 1.165) is 0 Å². The Labute approximate surface area is 114 Å².